The molecule has 0 N–H and O–H groups in total. The molecule has 1 amide bonds. The van der Waals surface area contributed by atoms with Crippen LogP contribution in [0.15, 0.2) is 34.9 Å². The first kappa shape index (κ1) is 16.3. The predicted molar refractivity (Wildman–Crippen MR) is 90.8 cm³/mol. The van der Waals surface area contributed by atoms with E-state index >= 15 is 0 Å². The number of carbonyl (C=O) groups excluding carboxylic acids is 1. The van der Waals surface area contributed by atoms with Crippen LogP contribution in [0.2, 0.25) is 0 Å². The van der Waals surface area contributed by atoms with Crippen LogP contribution in [-0.4, -0.2) is 40.6 Å². The third kappa shape index (κ3) is 3.31. The van der Waals surface area contributed by atoms with Crippen LogP contribution in [0.25, 0.3) is 0 Å². The van der Waals surface area contributed by atoms with Gasteiger partial charge < -0.3 is 14.2 Å². The fourth-order valence-corrected chi connectivity index (χ4v) is 3.91. The second kappa shape index (κ2) is 6.96. The fraction of sp³-hybridized carbons (Fsp3) is 0.526. The van der Waals surface area contributed by atoms with E-state index in [0.717, 1.165) is 31.4 Å². The Morgan fingerprint density at radius 2 is 2.08 bits per heavy atom. The molecule has 0 aliphatic carbocycles. The number of amides is 1. The van der Waals surface area contributed by atoms with Crippen molar-refractivity contribution in [1.29, 1.82) is 0 Å². The second-order valence-electron chi connectivity index (χ2n) is 6.90. The zero-order valence-electron chi connectivity index (χ0n) is 14.4. The molecule has 6 nitrogen and oxygen atoms in total. The molecule has 0 saturated carbocycles. The number of hydrogen-bond donors (Lipinski definition) is 0. The Hall–Kier alpha value is -2.21. The van der Waals surface area contributed by atoms with Crippen LogP contribution in [0, 0.1) is 12.8 Å². The van der Waals surface area contributed by atoms with E-state index in [0.29, 0.717) is 24.9 Å². The lowest BCUT2D eigenvalue weighted by Gasteiger charge is -2.33. The van der Waals surface area contributed by atoms with Crippen molar-refractivity contribution < 1.29 is 14.1 Å². The Labute approximate surface area is 147 Å². The quantitative estimate of drug-likeness (QED) is 0.859. The lowest BCUT2D eigenvalue weighted by molar-refractivity contribution is -0.138. The largest absolute Gasteiger partial charge is 0.373 e. The molecule has 2 fully saturated rings. The molecule has 2 aliphatic rings. The Kier molecular flexibility index (Phi) is 4.53. The molecule has 132 valence electrons. The smallest absolute Gasteiger partial charge is 0.231 e. The zero-order chi connectivity index (χ0) is 17.2. The van der Waals surface area contributed by atoms with Crippen molar-refractivity contribution in [3.63, 3.8) is 0 Å². The maximum atomic E-state index is 13.1. The number of ether oxygens (including phenoxy) is 1. The molecule has 6 heteroatoms. The van der Waals surface area contributed by atoms with Gasteiger partial charge in [-0.2, -0.15) is 4.98 Å². The molecule has 2 aliphatic heterocycles. The summed E-state index contributed by atoms with van der Waals surface area (Å²) in [6, 6.07) is 10.0. The van der Waals surface area contributed by atoms with E-state index in [9.17, 15) is 4.79 Å². The van der Waals surface area contributed by atoms with Crippen molar-refractivity contribution in [2.45, 2.75) is 38.2 Å². The van der Waals surface area contributed by atoms with Gasteiger partial charge in [0.05, 0.1) is 17.9 Å². The first-order valence-corrected chi connectivity index (χ1v) is 8.98. The molecule has 0 bridgehead atoms. The van der Waals surface area contributed by atoms with Gasteiger partial charge in [-0.05, 0) is 31.7 Å². The summed E-state index contributed by atoms with van der Waals surface area (Å²) >= 11 is 0. The van der Waals surface area contributed by atoms with Crippen LogP contribution >= 0.6 is 0 Å². The van der Waals surface area contributed by atoms with E-state index < -0.39 is 0 Å². The molecular weight excluding hydrogens is 318 g/mol. The highest BCUT2D eigenvalue weighted by Gasteiger charge is 2.39. The van der Waals surface area contributed by atoms with Crippen molar-refractivity contribution in [3.8, 4) is 0 Å². The Morgan fingerprint density at radius 1 is 1.24 bits per heavy atom. The SMILES string of the molecule is Cc1noc(C2CCCN(C(=O)[C@@H]3CCO[C@H]3c3ccccc3)C2)n1. The Morgan fingerprint density at radius 3 is 2.84 bits per heavy atom. The maximum Gasteiger partial charge on any atom is 0.231 e. The van der Waals surface area contributed by atoms with Gasteiger partial charge in [-0.1, -0.05) is 35.5 Å². The predicted octanol–water partition coefficient (Wildman–Crippen LogP) is 2.86. The van der Waals surface area contributed by atoms with Crippen LogP contribution in [0.5, 0.6) is 0 Å². The van der Waals surface area contributed by atoms with Gasteiger partial charge in [-0.15, -0.1) is 0 Å². The van der Waals surface area contributed by atoms with Gasteiger partial charge in [0.15, 0.2) is 5.82 Å². The number of nitrogens with zero attached hydrogens (tertiary/aromatic N) is 3. The minimum absolute atomic E-state index is 0.106. The normalized spacial score (nSPS) is 26.8. The molecule has 25 heavy (non-hydrogen) atoms. The van der Waals surface area contributed by atoms with E-state index in [1.54, 1.807) is 0 Å². The van der Waals surface area contributed by atoms with Gasteiger partial charge in [-0.25, -0.2) is 0 Å². The van der Waals surface area contributed by atoms with Crippen molar-refractivity contribution in [3.05, 3.63) is 47.6 Å². The van der Waals surface area contributed by atoms with Crippen LogP contribution in [0.4, 0.5) is 0 Å². The second-order valence-corrected chi connectivity index (χ2v) is 6.90. The molecule has 3 heterocycles. The first-order chi connectivity index (χ1) is 12.2. The van der Waals surface area contributed by atoms with Gasteiger partial charge in [0, 0.05) is 19.7 Å². The van der Waals surface area contributed by atoms with Crippen molar-refractivity contribution in [2.24, 2.45) is 5.92 Å². The highest BCUT2D eigenvalue weighted by Crippen LogP contribution is 2.37. The van der Waals surface area contributed by atoms with Gasteiger partial charge >= 0.3 is 0 Å². The number of hydrogen-bond acceptors (Lipinski definition) is 5. The molecule has 4 rings (SSSR count). The van der Waals surface area contributed by atoms with E-state index in [1.165, 1.54) is 0 Å². The summed E-state index contributed by atoms with van der Waals surface area (Å²) < 4.78 is 11.2. The Balaban J connectivity index is 1.48. The number of benzene rings is 1. The topological polar surface area (TPSA) is 68.5 Å². The highest BCUT2D eigenvalue weighted by molar-refractivity contribution is 5.80. The maximum absolute atomic E-state index is 13.1. The molecule has 3 atom stereocenters. The number of rotatable bonds is 3. The number of likely N-dealkylation sites (tertiary alicyclic amines) is 1. The summed E-state index contributed by atoms with van der Waals surface area (Å²) in [4.78, 5) is 19.5. The summed E-state index contributed by atoms with van der Waals surface area (Å²) in [6.07, 6.45) is 2.58. The average molecular weight is 341 g/mol. The fourth-order valence-electron chi connectivity index (χ4n) is 3.91. The molecule has 1 aromatic heterocycles. The molecule has 2 aromatic rings. The first-order valence-electron chi connectivity index (χ1n) is 8.98. The van der Waals surface area contributed by atoms with Crippen LogP contribution in [0.1, 0.15) is 48.6 Å². The van der Waals surface area contributed by atoms with Crippen molar-refractivity contribution in [2.75, 3.05) is 19.7 Å². The molecule has 1 aromatic carbocycles. The monoisotopic (exact) mass is 341 g/mol. The third-order valence-electron chi connectivity index (χ3n) is 5.16. The molecule has 0 spiro atoms. The summed E-state index contributed by atoms with van der Waals surface area (Å²) in [5.41, 5.74) is 1.08. The van der Waals surface area contributed by atoms with E-state index in [1.807, 2.05) is 42.2 Å². The average Bonchev–Trinajstić information content (AvgIpc) is 3.31. The summed E-state index contributed by atoms with van der Waals surface area (Å²) in [5.74, 6) is 1.51. The van der Waals surface area contributed by atoms with E-state index in [4.69, 9.17) is 9.26 Å². The van der Waals surface area contributed by atoms with Crippen LogP contribution in [-0.2, 0) is 9.53 Å². The van der Waals surface area contributed by atoms with Gasteiger partial charge in [0.25, 0.3) is 0 Å². The number of piperidine rings is 1. The summed E-state index contributed by atoms with van der Waals surface area (Å²) in [5, 5.41) is 3.88. The number of aromatic nitrogens is 2. The standard InChI is InChI=1S/C19H23N3O3/c1-13-20-18(25-21-13)15-8-5-10-22(12-15)19(23)16-9-11-24-17(16)14-6-3-2-4-7-14/h2-4,6-7,15-17H,5,8-12H2,1H3/t15?,16-,17+/m1/s1. The molecule has 1 unspecified atom stereocenters. The lowest BCUT2D eigenvalue weighted by Crippen LogP contribution is -2.43. The van der Waals surface area contributed by atoms with Crippen LogP contribution in [0.3, 0.4) is 0 Å². The third-order valence-corrected chi connectivity index (χ3v) is 5.16. The van der Waals surface area contributed by atoms with Crippen molar-refractivity contribution in [1.82, 2.24) is 15.0 Å². The van der Waals surface area contributed by atoms with E-state index in [2.05, 4.69) is 10.1 Å². The molecular formula is C19H23N3O3. The van der Waals surface area contributed by atoms with Crippen molar-refractivity contribution >= 4 is 5.91 Å². The highest BCUT2D eigenvalue weighted by atomic mass is 16.5. The molecule has 0 radical (unpaired) electrons. The molecule has 2 saturated heterocycles. The van der Waals surface area contributed by atoms with E-state index in [-0.39, 0.29) is 23.8 Å². The van der Waals surface area contributed by atoms with Crippen LogP contribution < -0.4 is 0 Å². The van der Waals surface area contributed by atoms with Gasteiger partial charge in [0.1, 0.15) is 0 Å². The lowest BCUT2D eigenvalue weighted by atomic mass is 9.91. The minimum atomic E-state index is -0.139. The number of carbonyl (C=O) groups is 1. The number of aryl methyl sites for hydroxylation is 1. The summed E-state index contributed by atoms with van der Waals surface area (Å²) in [6.45, 7) is 3.90. The van der Waals surface area contributed by atoms with Gasteiger partial charge in [-0.3, -0.25) is 4.79 Å². The zero-order valence-corrected chi connectivity index (χ0v) is 14.4. The Bertz CT molecular complexity index is 731. The minimum Gasteiger partial charge on any atom is -0.373 e. The van der Waals surface area contributed by atoms with Gasteiger partial charge in [0.2, 0.25) is 11.8 Å². The summed E-state index contributed by atoms with van der Waals surface area (Å²) in [7, 11) is 0.